The number of amides is 2. The predicted octanol–water partition coefficient (Wildman–Crippen LogP) is 2.73. The van der Waals surface area contributed by atoms with Gasteiger partial charge in [-0.1, -0.05) is 67.6 Å². The minimum absolute atomic E-state index is 0.0682. The molecular formula is C24H31N3O2. The van der Waals surface area contributed by atoms with Gasteiger partial charge >= 0.3 is 0 Å². The summed E-state index contributed by atoms with van der Waals surface area (Å²) in [7, 11) is 0. The molecule has 1 fully saturated rings. The predicted molar refractivity (Wildman–Crippen MR) is 116 cm³/mol. The zero-order valence-corrected chi connectivity index (χ0v) is 17.1. The molecule has 154 valence electrons. The molecule has 1 aliphatic heterocycles. The molecule has 0 bridgehead atoms. The second-order valence-electron chi connectivity index (χ2n) is 7.70. The highest BCUT2D eigenvalue weighted by Gasteiger charge is 2.31. The Morgan fingerprint density at radius 1 is 1.10 bits per heavy atom. The van der Waals surface area contributed by atoms with E-state index in [1.165, 1.54) is 11.1 Å². The van der Waals surface area contributed by atoms with Gasteiger partial charge in [0.05, 0.1) is 0 Å². The number of hydrogen-bond donors (Lipinski definition) is 2. The lowest BCUT2D eigenvalue weighted by Crippen LogP contribution is -2.59. The van der Waals surface area contributed by atoms with Crippen LogP contribution in [0.15, 0.2) is 60.7 Å². The van der Waals surface area contributed by atoms with Crippen LogP contribution in [0.25, 0.3) is 0 Å². The first-order chi connectivity index (χ1) is 14.1. The molecule has 2 aromatic carbocycles. The van der Waals surface area contributed by atoms with Gasteiger partial charge in [0.15, 0.2) is 0 Å². The molecule has 0 aliphatic carbocycles. The molecule has 2 atom stereocenters. The Morgan fingerprint density at radius 3 is 2.52 bits per heavy atom. The van der Waals surface area contributed by atoms with E-state index in [9.17, 15) is 9.59 Å². The van der Waals surface area contributed by atoms with Crippen LogP contribution in [0.4, 0.5) is 0 Å². The molecule has 0 spiro atoms. The van der Waals surface area contributed by atoms with E-state index in [0.29, 0.717) is 26.1 Å². The number of carbonyl (C=O) groups is 2. The number of nitrogens with one attached hydrogen (secondary N) is 2. The van der Waals surface area contributed by atoms with Crippen molar-refractivity contribution in [1.29, 1.82) is 0 Å². The summed E-state index contributed by atoms with van der Waals surface area (Å²) in [6, 6.07) is 19.9. The molecule has 2 amide bonds. The molecule has 0 saturated carbocycles. The maximum atomic E-state index is 12.8. The molecule has 2 aromatic rings. The van der Waals surface area contributed by atoms with Crippen LogP contribution in [0, 0.1) is 0 Å². The van der Waals surface area contributed by atoms with E-state index in [1.54, 1.807) is 4.90 Å². The fraction of sp³-hybridized carbons (Fsp3) is 0.417. The van der Waals surface area contributed by atoms with Crippen LogP contribution < -0.4 is 10.6 Å². The number of nitrogens with zero attached hydrogens (tertiary/aromatic N) is 1. The molecule has 1 heterocycles. The van der Waals surface area contributed by atoms with Crippen LogP contribution in [-0.2, 0) is 16.0 Å². The molecule has 29 heavy (non-hydrogen) atoms. The minimum Gasteiger partial charge on any atom is -0.354 e. The average Bonchev–Trinajstić information content (AvgIpc) is 2.78. The van der Waals surface area contributed by atoms with Crippen molar-refractivity contribution < 1.29 is 9.59 Å². The summed E-state index contributed by atoms with van der Waals surface area (Å²) < 4.78 is 0. The van der Waals surface area contributed by atoms with Crippen molar-refractivity contribution in [2.75, 3.05) is 26.2 Å². The molecule has 0 aromatic heterocycles. The Balaban J connectivity index is 1.50. The number of benzene rings is 2. The molecule has 1 unspecified atom stereocenters. The second kappa shape index (κ2) is 10.8. The van der Waals surface area contributed by atoms with E-state index in [1.807, 2.05) is 36.4 Å². The van der Waals surface area contributed by atoms with Gasteiger partial charge in [-0.25, -0.2) is 0 Å². The highest BCUT2D eigenvalue weighted by Crippen LogP contribution is 2.14. The van der Waals surface area contributed by atoms with E-state index in [2.05, 4.69) is 41.8 Å². The van der Waals surface area contributed by atoms with Crippen molar-refractivity contribution in [3.8, 4) is 0 Å². The Morgan fingerprint density at radius 2 is 1.79 bits per heavy atom. The van der Waals surface area contributed by atoms with Gasteiger partial charge in [0.1, 0.15) is 6.04 Å². The van der Waals surface area contributed by atoms with Gasteiger partial charge in [0.2, 0.25) is 11.8 Å². The van der Waals surface area contributed by atoms with Crippen LogP contribution in [0.1, 0.15) is 36.8 Å². The normalized spacial score (nSPS) is 17.6. The van der Waals surface area contributed by atoms with Crippen molar-refractivity contribution in [2.24, 2.45) is 0 Å². The molecular weight excluding hydrogens is 362 g/mol. The van der Waals surface area contributed by atoms with Gasteiger partial charge in [-0.15, -0.1) is 0 Å². The first-order valence-electron chi connectivity index (χ1n) is 10.5. The third-order valence-corrected chi connectivity index (χ3v) is 5.52. The number of rotatable bonds is 8. The van der Waals surface area contributed by atoms with Gasteiger partial charge < -0.3 is 15.5 Å². The third-order valence-electron chi connectivity index (χ3n) is 5.52. The van der Waals surface area contributed by atoms with Gasteiger partial charge in [0, 0.05) is 32.6 Å². The first-order valence-corrected chi connectivity index (χ1v) is 10.5. The number of hydrogen-bond acceptors (Lipinski definition) is 3. The topological polar surface area (TPSA) is 61.4 Å². The fourth-order valence-corrected chi connectivity index (χ4v) is 3.74. The molecule has 5 heteroatoms. The summed E-state index contributed by atoms with van der Waals surface area (Å²) in [6.45, 7) is 4.48. The van der Waals surface area contributed by atoms with Crippen molar-refractivity contribution in [3.63, 3.8) is 0 Å². The second-order valence-corrected chi connectivity index (χ2v) is 7.70. The van der Waals surface area contributed by atoms with Gasteiger partial charge in [-0.3, -0.25) is 9.59 Å². The molecule has 0 radical (unpaired) electrons. The smallest absolute Gasteiger partial charge is 0.244 e. The van der Waals surface area contributed by atoms with Gasteiger partial charge in [-0.2, -0.15) is 0 Å². The van der Waals surface area contributed by atoms with Crippen molar-refractivity contribution >= 4 is 11.8 Å². The highest BCUT2D eigenvalue weighted by atomic mass is 16.2. The minimum atomic E-state index is -0.434. The van der Waals surface area contributed by atoms with Crippen molar-refractivity contribution in [2.45, 2.75) is 38.1 Å². The number of piperazine rings is 1. The Labute approximate surface area is 173 Å². The van der Waals surface area contributed by atoms with E-state index in [-0.39, 0.29) is 17.7 Å². The maximum Gasteiger partial charge on any atom is 0.244 e. The van der Waals surface area contributed by atoms with Crippen LogP contribution in [0.3, 0.4) is 0 Å². The van der Waals surface area contributed by atoms with Gasteiger partial charge in [-0.05, 0) is 29.9 Å². The van der Waals surface area contributed by atoms with Crippen LogP contribution in [0.2, 0.25) is 0 Å². The van der Waals surface area contributed by atoms with E-state index < -0.39 is 6.04 Å². The molecule has 2 N–H and O–H groups in total. The summed E-state index contributed by atoms with van der Waals surface area (Å²) in [5.41, 5.74) is 2.44. The average molecular weight is 394 g/mol. The fourth-order valence-electron chi connectivity index (χ4n) is 3.74. The first kappa shape index (κ1) is 21.1. The van der Waals surface area contributed by atoms with E-state index >= 15 is 0 Å². The van der Waals surface area contributed by atoms with Crippen LogP contribution in [0.5, 0.6) is 0 Å². The Kier molecular flexibility index (Phi) is 7.82. The molecule has 3 rings (SSSR count). The van der Waals surface area contributed by atoms with Gasteiger partial charge in [0.25, 0.3) is 0 Å². The summed E-state index contributed by atoms with van der Waals surface area (Å²) in [4.78, 5) is 27.3. The molecule has 1 aliphatic rings. The lowest BCUT2D eigenvalue weighted by Gasteiger charge is -2.35. The zero-order chi connectivity index (χ0) is 20.5. The number of aryl methyl sites for hydroxylation is 1. The lowest BCUT2D eigenvalue weighted by molar-refractivity contribution is -0.141. The van der Waals surface area contributed by atoms with Crippen molar-refractivity contribution in [1.82, 2.24) is 15.5 Å². The zero-order valence-electron chi connectivity index (χ0n) is 17.1. The quantitative estimate of drug-likeness (QED) is 0.725. The Hall–Kier alpha value is -2.66. The largest absolute Gasteiger partial charge is 0.354 e. The Bertz CT molecular complexity index is 779. The summed E-state index contributed by atoms with van der Waals surface area (Å²) in [5.74, 6) is 0.224. The maximum absolute atomic E-state index is 12.8. The number of carbonyl (C=O) groups excluding carboxylic acids is 2. The summed E-state index contributed by atoms with van der Waals surface area (Å²) in [6.07, 6.45) is 2.15. The van der Waals surface area contributed by atoms with E-state index in [0.717, 1.165) is 19.4 Å². The monoisotopic (exact) mass is 393 g/mol. The SMILES string of the molecule is CC(CNC(=O)[C@H]1CNCCN1C(=O)CCCc1ccccc1)c1ccccc1. The highest BCUT2D eigenvalue weighted by molar-refractivity contribution is 5.88. The lowest BCUT2D eigenvalue weighted by atomic mass is 10.0. The molecule has 5 nitrogen and oxygen atoms in total. The molecule has 1 saturated heterocycles. The standard InChI is InChI=1S/C24H31N3O2/c1-19(21-12-6-3-7-13-21)17-26-24(29)22-18-25-15-16-27(22)23(28)14-8-11-20-9-4-2-5-10-20/h2-7,9-10,12-13,19,22,25H,8,11,14-18H2,1H3,(H,26,29)/t19?,22-/m1/s1. The van der Waals surface area contributed by atoms with Crippen LogP contribution >= 0.6 is 0 Å². The summed E-state index contributed by atoms with van der Waals surface area (Å²) in [5, 5.41) is 6.29. The third kappa shape index (κ3) is 6.16. The van der Waals surface area contributed by atoms with E-state index in [4.69, 9.17) is 0 Å². The van der Waals surface area contributed by atoms with Crippen LogP contribution in [-0.4, -0.2) is 48.9 Å². The summed E-state index contributed by atoms with van der Waals surface area (Å²) >= 11 is 0. The van der Waals surface area contributed by atoms with Crippen molar-refractivity contribution in [3.05, 3.63) is 71.8 Å².